The molecule has 1 aromatic rings. The maximum atomic E-state index is 12.0. The van der Waals surface area contributed by atoms with Crippen LogP contribution in [0.3, 0.4) is 0 Å². The first-order chi connectivity index (χ1) is 12.5. The van der Waals surface area contributed by atoms with Crippen molar-refractivity contribution in [2.75, 3.05) is 0 Å². The molecule has 7 nitrogen and oxygen atoms in total. The first-order valence-corrected chi connectivity index (χ1v) is 9.81. The highest BCUT2D eigenvalue weighted by molar-refractivity contribution is 5.67. The summed E-state index contributed by atoms with van der Waals surface area (Å²) in [5.41, 5.74) is 6.32. The van der Waals surface area contributed by atoms with Gasteiger partial charge >= 0.3 is 6.09 Å². The zero-order valence-electron chi connectivity index (χ0n) is 16.0. The van der Waals surface area contributed by atoms with Crippen LogP contribution in [0.5, 0.6) is 0 Å². The number of ether oxygens (including phenoxy) is 1. The Morgan fingerprint density at radius 3 is 2.73 bits per heavy atom. The topological polar surface area (TPSA) is 113 Å². The summed E-state index contributed by atoms with van der Waals surface area (Å²) in [6, 6.07) is -0.128. The number of imidazole rings is 1. The molecular formula is C19H34N4O3. The largest absolute Gasteiger partial charge is 0.441 e. The number of hydrogen-bond donors (Lipinski definition) is 4. The van der Waals surface area contributed by atoms with E-state index in [4.69, 9.17) is 10.5 Å². The predicted octanol–water partition coefficient (Wildman–Crippen LogP) is 2.71. The molecule has 26 heavy (non-hydrogen) atoms. The van der Waals surface area contributed by atoms with Crippen molar-refractivity contribution in [3.05, 3.63) is 18.2 Å². The molecule has 2 rings (SSSR count). The van der Waals surface area contributed by atoms with E-state index in [1.807, 2.05) is 13.8 Å². The standard InChI is InChI=1S/C19H34N4O3/c1-13(2)17(23-19(25)26-12-18-21-8-9-22-18)11-15(24)10-16(20)14-6-4-3-5-7-14/h8-9,13-17,24H,3-7,10-12,20H2,1-2H3,(H,21,22)(H,23,25)/t15-,16?,17-/m0/s1. The zero-order valence-corrected chi connectivity index (χ0v) is 16.0. The number of aromatic amines is 1. The Morgan fingerprint density at radius 2 is 2.12 bits per heavy atom. The molecule has 5 N–H and O–H groups in total. The van der Waals surface area contributed by atoms with Gasteiger partial charge in [-0.2, -0.15) is 0 Å². The summed E-state index contributed by atoms with van der Waals surface area (Å²) in [5.74, 6) is 1.30. The molecule has 0 spiro atoms. The van der Waals surface area contributed by atoms with Crippen LogP contribution in [0.1, 0.15) is 64.6 Å². The van der Waals surface area contributed by atoms with E-state index in [-0.39, 0.29) is 24.6 Å². The van der Waals surface area contributed by atoms with Crippen molar-refractivity contribution in [3.63, 3.8) is 0 Å². The number of nitrogens with two attached hydrogens (primary N) is 1. The molecule has 1 heterocycles. The van der Waals surface area contributed by atoms with E-state index in [0.29, 0.717) is 24.6 Å². The summed E-state index contributed by atoms with van der Waals surface area (Å²) in [4.78, 5) is 18.9. The lowest BCUT2D eigenvalue weighted by atomic mass is 9.81. The van der Waals surface area contributed by atoms with E-state index in [2.05, 4.69) is 15.3 Å². The van der Waals surface area contributed by atoms with Gasteiger partial charge in [0.25, 0.3) is 0 Å². The number of alkyl carbamates (subject to hydrolysis) is 1. The number of carbonyl (C=O) groups is 1. The Morgan fingerprint density at radius 1 is 1.38 bits per heavy atom. The van der Waals surface area contributed by atoms with Crippen LogP contribution in [0.2, 0.25) is 0 Å². The van der Waals surface area contributed by atoms with Gasteiger partial charge in [-0.05, 0) is 37.5 Å². The lowest BCUT2D eigenvalue weighted by molar-refractivity contribution is 0.0994. The van der Waals surface area contributed by atoms with Gasteiger partial charge in [-0.1, -0.05) is 33.1 Å². The molecule has 1 unspecified atom stereocenters. The smallest absolute Gasteiger partial charge is 0.407 e. The number of H-pyrrole nitrogens is 1. The van der Waals surface area contributed by atoms with Gasteiger partial charge in [0.2, 0.25) is 0 Å². The van der Waals surface area contributed by atoms with Crippen LogP contribution >= 0.6 is 0 Å². The van der Waals surface area contributed by atoms with Gasteiger partial charge in [-0.15, -0.1) is 0 Å². The monoisotopic (exact) mass is 366 g/mol. The van der Waals surface area contributed by atoms with E-state index in [1.54, 1.807) is 12.4 Å². The second-order valence-corrected chi connectivity index (χ2v) is 7.79. The molecule has 0 saturated heterocycles. The number of amides is 1. The Hall–Kier alpha value is -1.60. The molecule has 0 radical (unpaired) electrons. The summed E-state index contributed by atoms with van der Waals surface area (Å²) in [7, 11) is 0. The van der Waals surface area contributed by atoms with E-state index >= 15 is 0 Å². The predicted molar refractivity (Wildman–Crippen MR) is 100 cm³/mol. The fourth-order valence-electron chi connectivity index (χ4n) is 3.66. The molecule has 1 aliphatic carbocycles. The van der Waals surface area contributed by atoms with Crippen LogP contribution in [0.4, 0.5) is 4.79 Å². The minimum absolute atomic E-state index is 0.0315. The number of rotatable bonds is 9. The van der Waals surface area contributed by atoms with Crippen molar-refractivity contribution in [2.24, 2.45) is 17.6 Å². The molecule has 0 aromatic carbocycles. The molecule has 1 amide bonds. The Bertz CT molecular complexity index is 515. The van der Waals surface area contributed by atoms with Crippen LogP contribution in [0.15, 0.2) is 12.4 Å². The molecule has 3 atom stereocenters. The zero-order chi connectivity index (χ0) is 18.9. The molecule has 1 aromatic heterocycles. The third kappa shape index (κ3) is 6.96. The molecule has 0 bridgehead atoms. The van der Waals surface area contributed by atoms with E-state index in [9.17, 15) is 9.90 Å². The van der Waals surface area contributed by atoms with E-state index in [0.717, 1.165) is 0 Å². The second kappa shape index (κ2) is 10.5. The first-order valence-electron chi connectivity index (χ1n) is 9.81. The van der Waals surface area contributed by atoms with Gasteiger partial charge in [0.15, 0.2) is 6.61 Å². The quantitative estimate of drug-likeness (QED) is 0.537. The minimum atomic E-state index is -0.523. The lowest BCUT2D eigenvalue weighted by Crippen LogP contribution is -2.43. The number of aromatic nitrogens is 2. The highest BCUT2D eigenvalue weighted by atomic mass is 16.5. The van der Waals surface area contributed by atoms with E-state index < -0.39 is 12.2 Å². The average Bonchev–Trinajstić information content (AvgIpc) is 3.13. The number of nitrogens with one attached hydrogen (secondary N) is 2. The van der Waals surface area contributed by atoms with Gasteiger partial charge in [-0.25, -0.2) is 9.78 Å². The minimum Gasteiger partial charge on any atom is -0.441 e. The van der Waals surface area contributed by atoms with Gasteiger partial charge in [0.05, 0.1) is 6.10 Å². The average molecular weight is 367 g/mol. The van der Waals surface area contributed by atoms with Crippen molar-refractivity contribution in [1.29, 1.82) is 0 Å². The van der Waals surface area contributed by atoms with Crippen molar-refractivity contribution in [3.8, 4) is 0 Å². The number of aliphatic hydroxyl groups is 1. The normalized spacial score (nSPS) is 19.1. The maximum Gasteiger partial charge on any atom is 0.407 e. The van der Waals surface area contributed by atoms with Crippen molar-refractivity contribution >= 4 is 6.09 Å². The molecule has 0 aliphatic heterocycles. The highest BCUT2D eigenvalue weighted by Gasteiger charge is 2.26. The van der Waals surface area contributed by atoms with Crippen LogP contribution < -0.4 is 11.1 Å². The summed E-state index contributed by atoms with van der Waals surface area (Å²) in [5, 5.41) is 13.3. The van der Waals surface area contributed by atoms with Gasteiger partial charge in [0.1, 0.15) is 5.82 Å². The van der Waals surface area contributed by atoms with Gasteiger partial charge in [0, 0.05) is 24.5 Å². The third-order valence-corrected chi connectivity index (χ3v) is 5.33. The van der Waals surface area contributed by atoms with Crippen LogP contribution in [0, 0.1) is 11.8 Å². The van der Waals surface area contributed by atoms with Crippen LogP contribution in [-0.4, -0.2) is 39.4 Å². The number of nitrogens with zero attached hydrogens (tertiary/aromatic N) is 1. The van der Waals surface area contributed by atoms with Crippen molar-refractivity contribution in [1.82, 2.24) is 15.3 Å². The molecule has 7 heteroatoms. The summed E-state index contributed by atoms with van der Waals surface area (Å²) in [6.45, 7) is 4.13. The Kier molecular flexibility index (Phi) is 8.38. The number of hydrogen-bond acceptors (Lipinski definition) is 5. The van der Waals surface area contributed by atoms with Crippen LogP contribution in [0.25, 0.3) is 0 Å². The molecular weight excluding hydrogens is 332 g/mol. The van der Waals surface area contributed by atoms with Gasteiger partial charge < -0.3 is 25.9 Å². The molecule has 1 aliphatic rings. The van der Waals surface area contributed by atoms with Crippen molar-refractivity contribution < 1.29 is 14.6 Å². The van der Waals surface area contributed by atoms with Gasteiger partial charge in [-0.3, -0.25) is 0 Å². The molecule has 1 saturated carbocycles. The van der Waals surface area contributed by atoms with Crippen molar-refractivity contribution in [2.45, 2.75) is 83.6 Å². The third-order valence-electron chi connectivity index (χ3n) is 5.33. The fourth-order valence-corrected chi connectivity index (χ4v) is 3.66. The lowest BCUT2D eigenvalue weighted by Gasteiger charge is -2.30. The molecule has 148 valence electrons. The Balaban J connectivity index is 1.75. The second-order valence-electron chi connectivity index (χ2n) is 7.79. The SMILES string of the molecule is CC(C)[C@H](C[C@@H](O)CC(N)C1CCCCC1)NC(=O)OCc1ncc[nH]1. The summed E-state index contributed by atoms with van der Waals surface area (Å²) in [6.07, 6.45) is 9.44. The van der Waals surface area contributed by atoms with E-state index in [1.165, 1.54) is 32.1 Å². The Labute approximate surface area is 156 Å². The fraction of sp³-hybridized carbons (Fsp3) is 0.789. The number of aliphatic hydroxyl groups excluding tert-OH is 1. The summed E-state index contributed by atoms with van der Waals surface area (Å²) >= 11 is 0. The first kappa shape index (κ1) is 20.7. The number of carbonyl (C=O) groups excluding carboxylic acids is 1. The van der Waals surface area contributed by atoms with Crippen LogP contribution in [-0.2, 0) is 11.3 Å². The maximum absolute atomic E-state index is 12.0. The summed E-state index contributed by atoms with van der Waals surface area (Å²) < 4.78 is 5.17. The highest BCUT2D eigenvalue weighted by Crippen LogP contribution is 2.28. The molecule has 1 fully saturated rings.